The summed E-state index contributed by atoms with van der Waals surface area (Å²) in [5.74, 6) is -0.348. The zero-order valence-electron chi connectivity index (χ0n) is 19.8. The second-order valence-corrected chi connectivity index (χ2v) is 8.27. The van der Waals surface area contributed by atoms with Crippen LogP contribution >= 0.6 is 0 Å². The number of amides is 1. The van der Waals surface area contributed by atoms with Crippen molar-refractivity contribution in [2.24, 2.45) is 7.05 Å². The van der Waals surface area contributed by atoms with Gasteiger partial charge in [-0.3, -0.25) is 14.5 Å². The van der Waals surface area contributed by atoms with Gasteiger partial charge in [-0.25, -0.2) is 9.97 Å². The number of nitrogens with one attached hydrogen (secondary N) is 1. The molecule has 3 aromatic rings. The Morgan fingerprint density at radius 3 is 2.57 bits per heavy atom. The van der Waals surface area contributed by atoms with Gasteiger partial charge in [0.05, 0.1) is 49.1 Å². The molecule has 0 saturated carbocycles. The molecule has 0 radical (unpaired) electrons. The van der Waals surface area contributed by atoms with Gasteiger partial charge in [-0.2, -0.15) is 27.1 Å². The molecule has 4 rings (SSSR count). The normalized spacial score (nSPS) is 19.5. The number of hydrogen-bond acceptors (Lipinski definition) is 8. The first-order valence-corrected chi connectivity index (χ1v) is 10.9. The predicted molar refractivity (Wildman–Crippen MR) is 119 cm³/mol. The standard InChI is InChI=1S/C22H22F5N7O3/c1-12-16(7-30-18-9-29-17(8-31-18)22(25,26)27)34(11-21(23,24)37-12)20(35)19-14(10-33(2)32-19)15-5-4-13(36-3)6-28-15/h4-6,8-10,12,16H,7,11H2,1-3H3,(H,30,31)/t12-,16+/m0/s1. The third kappa shape index (κ3) is 5.76. The molecule has 198 valence electrons. The predicted octanol–water partition coefficient (Wildman–Crippen LogP) is 3.23. The number of morpholine rings is 1. The maximum Gasteiger partial charge on any atom is 0.434 e. The van der Waals surface area contributed by atoms with Crippen molar-refractivity contribution in [2.45, 2.75) is 31.4 Å². The number of carbonyl (C=O) groups is 1. The maximum absolute atomic E-state index is 14.4. The van der Waals surface area contributed by atoms with Gasteiger partial charge < -0.3 is 19.7 Å². The first kappa shape index (κ1) is 26.2. The van der Waals surface area contributed by atoms with E-state index in [-0.39, 0.29) is 18.1 Å². The second-order valence-electron chi connectivity index (χ2n) is 8.27. The van der Waals surface area contributed by atoms with Crippen molar-refractivity contribution in [1.29, 1.82) is 0 Å². The Balaban J connectivity index is 1.60. The molecule has 1 aliphatic heterocycles. The number of aryl methyl sites for hydroxylation is 1. The van der Waals surface area contributed by atoms with Crippen molar-refractivity contribution < 1.29 is 36.2 Å². The van der Waals surface area contributed by atoms with Crippen LogP contribution in [0.2, 0.25) is 0 Å². The number of halogens is 5. The van der Waals surface area contributed by atoms with Gasteiger partial charge in [0, 0.05) is 19.8 Å². The van der Waals surface area contributed by atoms with Crippen LogP contribution < -0.4 is 10.1 Å². The van der Waals surface area contributed by atoms with Gasteiger partial charge in [0.25, 0.3) is 5.91 Å². The summed E-state index contributed by atoms with van der Waals surface area (Å²) in [6.07, 6.45) is -5.05. The molecule has 0 aromatic carbocycles. The van der Waals surface area contributed by atoms with Crippen LogP contribution in [-0.2, 0) is 18.0 Å². The smallest absolute Gasteiger partial charge is 0.434 e. The summed E-state index contributed by atoms with van der Waals surface area (Å²) in [6, 6.07) is 2.28. The molecule has 1 aliphatic rings. The summed E-state index contributed by atoms with van der Waals surface area (Å²) in [5, 5.41) is 6.92. The highest BCUT2D eigenvalue weighted by Crippen LogP contribution is 2.32. The van der Waals surface area contributed by atoms with Gasteiger partial charge >= 0.3 is 12.3 Å². The van der Waals surface area contributed by atoms with Crippen LogP contribution in [0, 0.1) is 0 Å². The number of carbonyl (C=O) groups excluding carboxylic acids is 1. The lowest BCUT2D eigenvalue weighted by atomic mass is 10.1. The average molecular weight is 527 g/mol. The molecule has 37 heavy (non-hydrogen) atoms. The molecule has 10 nitrogen and oxygen atoms in total. The highest BCUT2D eigenvalue weighted by Gasteiger charge is 2.48. The third-order valence-corrected chi connectivity index (χ3v) is 5.63. The highest BCUT2D eigenvalue weighted by molar-refractivity contribution is 5.98. The number of pyridine rings is 1. The van der Waals surface area contributed by atoms with E-state index in [2.05, 4.69) is 25.4 Å². The van der Waals surface area contributed by atoms with E-state index in [4.69, 9.17) is 9.47 Å². The minimum absolute atomic E-state index is 0.0362. The van der Waals surface area contributed by atoms with E-state index >= 15 is 0 Å². The Bertz CT molecular complexity index is 1250. The summed E-state index contributed by atoms with van der Waals surface area (Å²) >= 11 is 0. The molecular weight excluding hydrogens is 505 g/mol. The molecule has 1 amide bonds. The molecule has 1 fully saturated rings. The summed E-state index contributed by atoms with van der Waals surface area (Å²) in [6.45, 7) is 0.141. The fourth-order valence-electron chi connectivity index (χ4n) is 3.86. The number of aromatic nitrogens is 5. The molecule has 0 spiro atoms. The lowest BCUT2D eigenvalue weighted by molar-refractivity contribution is -0.298. The molecular formula is C22H22F5N7O3. The Hall–Kier alpha value is -3.88. The number of rotatable bonds is 6. The Kier molecular flexibility index (Phi) is 6.99. The Morgan fingerprint density at radius 1 is 1.22 bits per heavy atom. The minimum atomic E-state index is -4.66. The largest absolute Gasteiger partial charge is 0.495 e. The SMILES string of the molecule is COc1ccc(-c2cn(C)nc2C(=O)N2CC(F)(F)O[C@@H](C)[C@H]2CNc2cnc(C(F)(F)F)cn2)nc1. The van der Waals surface area contributed by atoms with Gasteiger partial charge in [-0.05, 0) is 19.1 Å². The number of hydrogen-bond donors (Lipinski definition) is 1. The van der Waals surface area contributed by atoms with Crippen LogP contribution in [0.3, 0.4) is 0 Å². The fraction of sp³-hybridized carbons (Fsp3) is 0.409. The van der Waals surface area contributed by atoms with Crippen LogP contribution in [0.15, 0.2) is 36.9 Å². The lowest BCUT2D eigenvalue weighted by Crippen LogP contribution is -2.61. The van der Waals surface area contributed by atoms with E-state index in [1.807, 2.05) is 0 Å². The van der Waals surface area contributed by atoms with Crippen molar-refractivity contribution in [2.75, 3.05) is 25.5 Å². The topological polar surface area (TPSA) is 107 Å². The van der Waals surface area contributed by atoms with Crippen molar-refractivity contribution in [3.05, 3.63) is 48.3 Å². The van der Waals surface area contributed by atoms with Crippen molar-refractivity contribution >= 4 is 11.7 Å². The highest BCUT2D eigenvalue weighted by atomic mass is 19.4. The summed E-state index contributed by atoms with van der Waals surface area (Å²) < 4.78 is 78.2. The van der Waals surface area contributed by atoms with Gasteiger partial charge in [0.15, 0.2) is 11.4 Å². The molecule has 2 atom stereocenters. The third-order valence-electron chi connectivity index (χ3n) is 5.63. The monoisotopic (exact) mass is 527 g/mol. The number of anilines is 1. The summed E-state index contributed by atoms with van der Waals surface area (Å²) in [4.78, 5) is 25.7. The molecule has 1 N–H and O–H groups in total. The quantitative estimate of drug-likeness (QED) is 0.487. The molecule has 15 heteroatoms. The van der Waals surface area contributed by atoms with E-state index in [9.17, 15) is 26.7 Å². The minimum Gasteiger partial charge on any atom is -0.495 e. The van der Waals surface area contributed by atoms with Crippen LogP contribution in [0.4, 0.5) is 27.8 Å². The van der Waals surface area contributed by atoms with Crippen LogP contribution in [0.5, 0.6) is 5.75 Å². The van der Waals surface area contributed by atoms with Crippen molar-refractivity contribution in [1.82, 2.24) is 29.6 Å². The number of methoxy groups -OCH3 is 1. The number of nitrogens with zero attached hydrogens (tertiary/aromatic N) is 6. The average Bonchev–Trinajstić information content (AvgIpc) is 3.23. The van der Waals surface area contributed by atoms with Crippen LogP contribution in [0.1, 0.15) is 23.1 Å². The van der Waals surface area contributed by atoms with E-state index in [0.717, 1.165) is 11.1 Å². The molecule has 0 unspecified atom stereocenters. The van der Waals surface area contributed by atoms with Crippen molar-refractivity contribution in [3.8, 4) is 17.0 Å². The zero-order valence-corrected chi connectivity index (χ0v) is 19.8. The van der Waals surface area contributed by atoms with Crippen LogP contribution in [-0.4, -0.2) is 74.0 Å². The first-order chi connectivity index (χ1) is 17.4. The van der Waals surface area contributed by atoms with Gasteiger partial charge in [0.2, 0.25) is 0 Å². The van der Waals surface area contributed by atoms with Gasteiger partial charge in [-0.15, -0.1) is 0 Å². The Morgan fingerprint density at radius 2 is 1.97 bits per heavy atom. The van der Waals surface area contributed by atoms with Crippen LogP contribution in [0.25, 0.3) is 11.3 Å². The van der Waals surface area contributed by atoms with E-state index in [1.165, 1.54) is 31.1 Å². The van der Waals surface area contributed by atoms with Gasteiger partial charge in [0.1, 0.15) is 18.1 Å². The summed E-state index contributed by atoms with van der Waals surface area (Å²) in [7, 11) is 3.04. The van der Waals surface area contributed by atoms with E-state index in [0.29, 0.717) is 23.2 Å². The Labute approximate surface area is 207 Å². The lowest BCUT2D eigenvalue weighted by Gasteiger charge is -2.43. The first-order valence-electron chi connectivity index (χ1n) is 10.9. The number of alkyl halides is 5. The maximum atomic E-state index is 14.4. The van der Waals surface area contributed by atoms with Gasteiger partial charge in [-0.1, -0.05) is 0 Å². The fourth-order valence-corrected chi connectivity index (χ4v) is 3.86. The second kappa shape index (κ2) is 9.88. The van der Waals surface area contributed by atoms with E-state index < -0.39 is 42.6 Å². The molecule has 0 bridgehead atoms. The van der Waals surface area contributed by atoms with Crippen molar-refractivity contribution in [3.63, 3.8) is 0 Å². The molecule has 3 aromatic heterocycles. The molecule has 0 aliphatic carbocycles. The molecule has 1 saturated heterocycles. The number of ether oxygens (including phenoxy) is 2. The van der Waals surface area contributed by atoms with E-state index in [1.54, 1.807) is 19.2 Å². The summed E-state index contributed by atoms with van der Waals surface area (Å²) in [5.41, 5.74) is -0.596. The zero-order chi connectivity index (χ0) is 27.0. The molecule has 4 heterocycles.